The van der Waals surface area contributed by atoms with Crippen molar-refractivity contribution >= 4 is 0 Å². The summed E-state index contributed by atoms with van der Waals surface area (Å²) < 4.78 is 4.71. The highest BCUT2D eigenvalue weighted by Gasteiger charge is 2.20. The van der Waals surface area contributed by atoms with Crippen LogP contribution >= 0.6 is 0 Å². The van der Waals surface area contributed by atoms with Gasteiger partial charge in [-0.15, -0.1) is 0 Å². The Morgan fingerprint density at radius 3 is 2.85 bits per heavy atom. The minimum atomic E-state index is -0.543. The van der Waals surface area contributed by atoms with Crippen LogP contribution in [0, 0.1) is 11.3 Å². The van der Waals surface area contributed by atoms with Gasteiger partial charge in [0.1, 0.15) is 17.5 Å². The van der Waals surface area contributed by atoms with Crippen molar-refractivity contribution in [1.82, 2.24) is 10.5 Å². The summed E-state index contributed by atoms with van der Waals surface area (Å²) in [5, 5.41) is 15.7. The highest BCUT2D eigenvalue weighted by molar-refractivity contribution is 5.07. The first-order valence-corrected chi connectivity index (χ1v) is 4.14. The fourth-order valence-electron chi connectivity index (χ4n) is 1.09. The van der Waals surface area contributed by atoms with E-state index >= 15 is 0 Å². The summed E-state index contributed by atoms with van der Waals surface area (Å²) in [6, 6.07) is 3.97. The molecular formula is C9H13N3O. The number of nitrogens with zero attached hydrogens (tertiary/aromatic N) is 2. The minimum Gasteiger partial charge on any atom is -0.364 e. The average molecular weight is 179 g/mol. The molecular weight excluding hydrogens is 166 g/mol. The van der Waals surface area contributed by atoms with Gasteiger partial charge in [-0.2, -0.15) is 5.26 Å². The van der Waals surface area contributed by atoms with E-state index in [2.05, 4.69) is 16.5 Å². The number of aromatic nitrogens is 1. The normalized spacial score (nSPS) is 13.7. The zero-order valence-electron chi connectivity index (χ0n) is 8.03. The van der Waals surface area contributed by atoms with Crippen LogP contribution in [-0.2, 0) is 0 Å². The summed E-state index contributed by atoms with van der Waals surface area (Å²) in [7, 11) is 0. The van der Waals surface area contributed by atoms with Gasteiger partial charge in [0.15, 0.2) is 0 Å². The molecule has 13 heavy (non-hydrogen) atoms. The third-order valence-corrected chi connectivity index (χ3v) is 1.76. The van der Waals surface area contributed by atoms with Gasteiger partial charge in [-0.1, -0.05) is 5.16 Å². The highest BCUT2D eigenvalue weighted by atomic mass is 16.5. The molecule has 0 amide bonds. The number of nitrogens with one attached hydrogen (secondary N) is 1. The Morgan fingerprint density at radius 1 is 1.69 bits per heavy atom. The molecule has 0 radical (unpaired) electrons. The molecule has 1 aromatic heterocycles. The summed E-state index contributed by atoms with van der Waals surface area (Å²) in [4.78, 5) is 0. The molecule has 0 saturated heterocycles. The van der Waals surface area contributed by atoms with Crippen molar-refractivity contribution in [2.45, 2.75) is 32.4 Å². The van der Waals surface area contributed by atoms with Crippen molar-refractivity contribution in [1.29, 1.82) is 5.26 Å². The van der Waals surface area contributed by atoms with E-state index < -0.39 is 5.54 Å². The second kappa shape index (κ2) is 3.58. The summed E-state index contributed by atoms with van der Waals surface area (Å²) in [5.74, 6) is 0. The summed E-state index contributed by atoms with van der Waals surface area (Å²) in [5.41, 5.74) is 0.265. The molecule has 70 valence electrons. The lowest BCUT2D eigenvalue weighted by molar-refractivity contribution is 0.376. The second-order valence-corrected chi connectivity index (χ2v) is 3.53. The van der Waals surface area contributed by atoms with Gasteiger partial charge in [0.2, 0.25) is 0 Å². The van der Waals surface area contributed by atoms with E-state index in [0.717, 1.165) is 5.69 Å². The number of hydrogen-bond donors (Lipinski definition) is 1. The van der Waals surface area contributed by atoms with Crippen molar-refractivity contribution in [3.05, 3.63) is 18.0 Å². The van der Waals surface area contributed by atoms with Gasteiger partial charge in [-0.3, -0.25) is 5.32 Å². The Balaban J connectivity index is 2.62. The smallest absolute Gasteiger partial charge is 0.124 e. The Bertz CT molecular complexity index is 297. The summed E-state index contributed by atoms with van der Waals surface area (Å²) >= 11 is 0. The number of rotatable bonds is 3. The van der Waals surface area contributed by atoms with Crippen molar-refractivity contribution in [2.75, 3.05) is 0 Å². The van der Waals surface area contributed by atoms with Crippen LogP contribution in [0.25, 0.3) is 0 Å². The van der Waals surface area contributed by atoms with E-state index in [1.807, 2.05) is 20.8 Å². The van der Waals surface area contributed by atoms with Crippen LogP contribution < -0.4 is 5.32 Å². The lowest BCUT2D eigenvalue weighted by Gasteiger charge is -2.21. The first kappa shape index (κ1) is 9.75. The first-order valence-electron chi connectivity index (χ1n) is 4.14. The molecule has 0 fully saturated rings. The molecule has 1 atom stereocenters. The van der Waals surface area contributed by atoms with Gasteiger partial charge in [0.25, 0.3) is 0 Å². The van der Waals surface area contributed by atoms with Gasteiger partial charge in [0.05, 0.1) is 12.1 Å². The molecule has 0 aliphatic heterocycles. The van der Waals surface area contributed by atoms with Crippen LogP contribution in [0.15, 0.2) is 16.9 Å². The lowest BCUT2D eigenvalue weighted by atomic mass is 10.1. The predicted molar refractivity (Wildman–Crippen MR) is 47.7 cm³/mol. The molecule has 0 spiro atoms. The Hall–Kier alpha value is -1.34. The maximum Gasteiger partial charge on any atom is 0.124 e. The average Bonchev–Trinajstić information content (AvgIpc) is 2.55. The number of nitriles is 1. The van der Waals surface area contributed by atoms with Gasteiger partial charge in [-0.05, 0) is 20.8 Å². The zero-order valence-corrected chi connectivity index (χ0v) is 8.03. The second-order valence-electron chi connectivity index (χ2n) is 3.53. The van der Waals surface area contributed by atoms with Gasteiger partial charge >= 0.3 is 0 Å². The molecule has 1 unspecified atom stereocenters. The summed E-state index contributed by atoms with van der Waals surface area (Å²) in [6.45, 7) is 5.59. The van der Waals surface area contributed by atoms with Crippen molar-refractivity contribution in [3.8, 4) is 6.07 Å². The van der Waals surface area contributed by atoms with Crippen molar-refractivity contribution in [2.24, 2.45) is 0 Å². The van der Waals surface area contributed by atoms with E-state index in [1.165, 1.54) is 6.26 Å². The fourth-order valence-corrected chi connectivity index (χ4v) is 1.09. The van der Waals surface area contributed by atoms with Gasteiger partial charge < -0.3 is 4.52 Å². The first-order chi connectivity index (χ1) is 6.05. The van der Waals surface area contributed by atoms with E-state index in [-0.39, 0.29) is 6.04 Å². The van der Waals surface area contributed by atoms with Crippen LogP contribution in [0.2, 0.25) is 0 Å². The van der Waals surface area contributed by atoms with E-state index in [0.29, 0.717) is 0 Å². The minimum absolute atomic E-state index is 0.0217. The molecule has 1 heterocycles. The Labute approximate surface area is 77.5 Å². The molecule has 1 N–H and O–H groups in total. The van der Waals surface area contributed by atoms with Crippen molar-refractivity contribution < 1.29 is 4.52 Å². The predicted octanol–water partition coefficient (Wildman–Crippen LogP) is 1.63. The monoisotopic (exact) mass is 179 g/mol. The van der Waals surface area contributed by atoms with Crippen LogP contribution in [-0.4, -0.2) is 10.7 Å². The maximum atomic E-state index is 8.78. The molecule has 0 aliphatic rings. The molecule has 0 saturated carbocycles. The van der Waals surface area contributed by atoms with Gasteiger partial charge in [0, 0.05) is 6.07 Å². The van der Waals surface area contributed by atoms with E-state index in [1.54, 1.807) is 6.07 Å². The standard InChI is InChI=1S/C9H13N3O/c1-7(8-4-5-13-12-8)11-9(2,3)6-10/h4-5,7,11H,1-3H3. The van der Waals surface area contributed by atoms with E-state index in [9.17, 15) is 0 Å². The fraction of sp³-hybridized carbons (Fsp3) is 0.556. The molecule has 4 nitrogen and oxygen atoms in total. The van der Waals surface area contributed by atoms with Crippen molar-refractivity contribution in [3.63, 3.8) is 0 Å². The quantitative estimate of drug-likeness (QED) is 0.766. The summed E-state index contributed by atoms with van der Waals surface area (Å²) in [6.07, 6.45) is 1.52. The van der Waals surface area contributed by atoms with E-state index in [4.69, 9.17) is 9.78 Å². The SMILES string of the molecule is CC(NC(C)(C)C#N)c1ccon1. The van der Waals surface area contributed by atoms with Gasteiger partial charge in [-0.25, -0.2) is 0 Å². The maximum absolute atomic E-state index is 8.78. The zero-order chi connectivity index (χ0) is 9.90. The third kappa shape index (κ3) is 2.56. The molecule has 0 aliphatic carbocycles. The number of hydrogen-bond acceptors (Lipinski definition) is 4. The molecule has 4 heteroatoms. The molecule has 1 rings (SSSR count). The largest absolute Gasteiger partial charge is 0.364 e. The third-order valence-electron chi connectivity index (χ3n) is 1.76. The molecule has 0 aromatic carbocycles. The topological polar surface area (TPSA) is 61.9 Å². The Kier molecular flexibility index (Phi) is 2.69. The highest BCUT2D eigenvalue weighted by Crippen LogP contribution is 2.13. The Morgan fingerprint density at radius 2 is 2.38 bits per heavy atom. The van der Waals surface area contributed by atoms with Crippen LogP contribution in [0.4, 0.5) is 0 Å². The molecule has 0 bridgehead atoms. The van der Waals surface area contributed by atoms with Crippen LogP contribution in [0.5, 0.6) is 0 Å². The lowest BCUT2D eigenvalue weighted by Crippen LogP contribution is -2.39. The van der Waals surface area contributed by atoms with Crippen LogP contribution in [0.3, 0.4) is 0 Å². The van der Waals surface area contributed by atoms with Crippen LogP contribution in [0.1, 0.15) is 32.5 Å². The molecule has 1 aromatic rings.